The van der Waals surface area contributed by atoms with Gasteiger partial charge in [-0.05, 0) is 49.7 Å². The third kappa shape index (κ3) is 2.33. The van der Waals surface area contributed by atoms with Gasteiger partial charge in [0.15, 0.2) is 0 Å². The topological polar surface area (TPSA) is 66.6 Å². The van der Waals surface area contributed by atoms with Gasteiger partial charge in [0.05, 0.1) is 5.56 Å². The highest BCUT2D eigenvalue weighted by Gasteiger charge is 2.14. The Morgan fingerprint density at radius 1 is 1.38 bits per heavy atom. The molecule has 86 valence electrons. The van der Waals surface area contributed by atoms with Crippen LogP contribution in [0.15, 0.2) is 18.2 Å². The van der Waals surface area contributed by atoms with E-state index in [0.29, 0.717) is 11.3 Å². The zero-order chi connectivity index (χ0) is 11.5. The molecule has 0 unspecified atom stereocenters. The van der Waals surface area contributed by atoms with Crippen molar-refractivity contribution in [3.05, 3.63) is 29.3 Å². The summed E-state index contributed by atoms with van der Waals surface area (Å²) < 4.78 is 0. The third-order valence-corrected chi connectivity index (χ3v) is 2.98. The van der Waals surface area contributed by atoms with Crippen molar-refractivity contribution >= 4 is 11.7 Å². The lowest BCUT2D eigenvalue weighted by molar-refractivity contribution is 0.0696. The molecule has 1 heterocycles. The van der Waals surface area contributed by atoms with Crippen LogP contribution in [0.4, 0.5) is 5.69 Å². The molecule has 0 radical (unpaired) electrons. The van der Waals surface area contributed by atoms with E-state index < -0.39 is 5.97 Å². The average molecular weight is 220 g/mol. The number of carbonyl (C=O) groups is 1. The van der Waals surface area contributed by atoms with Crippen molar-refractivity contribution in [1.82, 2.24) is 4.90 Å². The van der Waals surface area contributed by atoms with Crippen LogP contribution >= 0.6 is 0 Å². The van der Waals surface area contributed by atoms with Crippen molar-refractivity contribution in [2.75, 3.05) is 18.8 Å². The Morgan fingerprint density at radius 3 is 2.69 bits per heavy atom. The quantitative estimate of drug-likeness (QED) is 0.759. The molecule has 0 aromatic heterocycles. The molecule has 0 spiro atoms. The van der Waals surface area contributed by atoms with Gasteiger partial charge in [0, 0.05) is 12.2 Å². The Labute approximate surface area is 94.7 Å². The lowest BCUT2D eigenvalue weighted by atomic mass is 10.1. The normalized spacial score (nSPS) is 16.5. The Balaban J connectivity index is 2.17. The van der Waals surface area contributed by atoms with E-state index in [2.05, 4.69) is 4.90 Å². The maximum atomic E-state index is 10.8. The van der Waals surface area contributed by atoms with E-state index in [1.807, 2.05) is 0 Å². The summed E-state index contributed by atoms with van der Waals surface area (Å²) >= 11 is 0. The summed E-state index contributed by atoms with van der Waals surface area (Å²) in [5, 5.41) is 8.91. The molecular weight excluding hydrogens is 204 g/mol. The molecule has 0 saturated carbocycles. The molecule has 1 aromatic carbocycles. The lowest BCUT2D eigenvalue weighted by Gasteiger charge is -2.16. The number of aromatic carboxylic acids is 1. The van der Waals surface area contributed by atoms with E-state index in [1.165, 1.54) is 12.8 Å². The van der Waals surface area contributed by atoms with Crippen molar-refractivity contribution in [1.29, 1.82) is 0 Å². The van der Waals surface area contributed by atoms with Crippen LogP contribution in [0, 0.1) is 0 Å². The van der Waals surface area contributed by atoms with Crippen LogP contribution < -0.4 is 5.73 Å². The first-order chi connectivity index (χ1) is 7.66. The first-order valence-electron chi connectivity index (χ1n) is 5.51. The molecule has 4 heteroatoms. The summed E-state index contributed by atoms with van der Waals surface area (Å²) in [7, 11) is 0. The number of carboxylic acid groups (broad SMARTS) is 1. The predicted octanol–water partition coefficient (Wildman–Crippen LogP) is 1.56. The van der Waals surface area contributed by atoms with Gasteiger partial charge >= 0.3 is 5.97 Å². The summed E-state index contributed by atoms with van der Waals surface area (Å²) in [4.78, 5) is 13.2. The number of rotatable bonds is 3. The van der Waals surface area contributed by atoms with Crippen molar-refractivity contribution in [2.24, 2.45) is 0 Å². The maximum Gasteiger partial charge on any atom is 0.335 e. The molecule has 0 bridgehead atoms. The Morgan fingerprint density at radius 2 is 2.06 bits per heavy atom. The number of carboxylic acids is 1. The third-order valence-electron chi connectivity index (χ3n) is 2.98. The first-order valence-corrected chi connectivity index (χ1v) is 5.51. The fourth-order valence-corrected chi connectivity index (χ4v) is 2.06. The van der Waals surface area contributed by atoms with Gasteiger partial charge in [0.25, 0.3) is 0 Å². The molecule has 3 N–H and O–H groups in total. The number of nitrogens with two attached hydrogens (primary N) is 1. The molecule has 0 amide bonds. The highest BCUT2D eigenvalue weighted by molar-refractivity contribution is 5.88. The number of likely N-dealkylation sites (tertiary alicyclic amines) is 1. The summed E-state index contributed by atoms with van der Waals surface area (Å²) in [6.07, 6.45) is 2.44. The highest BCUT2D eigenvalue weighted by atomic mass is 16.4. The lowest BCUT2D eigenvalue weighted by Crippen LogP contribution is -2.19. The maximum absolute atomic E-state index is 10.8. The van der Waals surface area contributed by atoms with Gasteiger partial charge in [0.1, 0.15) is 0 Å². The van der Waals surface area contributed by atoms with Crippen molar-refractivity contribution in [2.45, 2.75) is 19.4 Å². The number of anilines is 1. The second kappa shape index (κ2) is 4.53. The van der Waals surface area contributed by atoms with Gasteiger partial charge in [-0.1, -0.05) is 0 Å². The van der Waals surface area contributed by atoms with E-state index in [4.69, 9.17) is 10.8 Å². The zero-order valence-electron chi connectivity index (χ0n) is 9.15. The van der Waals surface area contributed by atoms with Gasteiger partial charge < -0.3 is 10.8 Å². The SMILES string of the molecule is Nc1ccc(C(=O)O)cc1CN1CCCC1. The van der Waals surface area contributed by atoms with Gasteiger partial charge in [-0.25, -0.2) is 4.79 Å². The summed E-state index contributed by atoms with van der Waals surface area (Å²) in [6.45, 7) is 2.92. The van der Waals surface area contributed by atoms with Gasteiger partial charge in [-0.3, -0.25) is 4.90 Å². The Hall–Kier alpha value is -1.55. The van der Waals surface area contributed by atoms with Crippen LogP contribution in [0.25, 0.3) is 0 Å². The smallest absolute Gasteiger partial charge is 0.335 e. The summed E-state index contributed by atoms with van der Waals surface area (Å²) in [5.41, 5.74) is 7.75. The summed E-state index contributed by atoms with van der Waals surface area (Å²) in [6, 6.07) is 4.90. The van der Waals surface area contributed by atoms with Crippen LogP contribution in [0.1, 0.15) is 28.8 Å². The molecule has 0 aliphatic carbocycles. The zero-order valence-corrected chi connectivity index (χ0v) is 9.15. The van der Waals surface area contributed by atoms with Gasteiger partial charge in [-0.2, -0.15) is 0 Å². The molecule has 1 aliphatic heterocycles. The van der Waals surface area contributed by atoms with Crippen molar-refractivity contribution < 1.29 is 9.90 Å². The molecule has 4 nitrogen and oxygen atoms in total. The van der Waals surface area contributed by atoms with Crippen molar-refractivity contribution in [3.63, 3.8) is 0 Å². The monoisotopic (exact) mass is 220 g/mol. The second-order valence-electron chi connectivity index (χ2n) is 4.20. The Bertz CT molecular complexity index is 398. The highest BCUT2D eigenvalue weighted by Crippen LogP contribution is 2.19. The van der Waals surface area contributed by atoms with Crippen LogP contribution in [-0.4, -0.2) is 29.1 Å². The molecule has 2 rings (SSSR count). The van der Waals surface area contributed by atoms with E-state index in [1.54, 1.807) is 18.2 Å². The minimum Gasteiger partial charge on any atom is -0.478 e. The average Bonchev–Trinajstić information content (AvgIpc) is 2.73. The molecular formula is C12H16N2O2. The summed E-state index contributed by atoms with van der Waals surface area (Å²) in [5.74, 6) is -0.900. The molecule has 1 aliphatic rings. The molecule has 1 aromatic rings. The predicted molar refractivity (Wildman–Crippen MR) is 62.3 cm³/mol. The minimum atomic E-state index is -0.900. The minimum absolute atomic E-state index is 0.309. The fraction of sp³-hybridized carbons (Fsp3) is 0.417. The fourth-order valence-electron chi connectivity index (χ4n) is 2.06. The number of nitrogens with zero attached hydrogens (tertiary/aromatic N) is 1. The molecule has 0 atom stereocenters. The number of benzene rings is 1. The van der Waals surface area contributed by atoms with Crippen LogP contribution in [0.5, 0.6) is 0 Å². The van der Waals surface area contributed by atoms with Gasteiger partial charge in [0.2, 0.25) is 0 Å². The first kappa shape index (κ1) is 11.0. The van der Waals surface area contributed by atoms with E-state index in [9.17, 15) is 4.79 Å². The number of nitrogen functional groups attached to an aromatic ring is 1. The van der Waals surface area contributed by atoms with Gasteiger partial charge in [-0.15, -0.1) is 0 Å². The second-order valence-corrected chi connectivity index (χ2v) is 4.20. The van der Waals surface area contributed by atoms with Crippen LogP contribution in [0.3, 0.4) is 0 Å². The molecule has 1 saturated heterocycles. The molecule has 1 fully saturated rings. The van der Waals surface area contributed by atoms with Crippen LogP contribution in [0.2, 0.25) is 0 Å². The van der Waals surface area contributed by atoms with Crippen LogP contribution in [-0.2, 0) is 6.54 Å². The largest absolute Gasteiger partial charge is 0.478 e. The van der Waals surface area contributed by atoms with E-state index in [-0.39, 0.29) is 0 Å². The standard InChI is InChI=1S/C12H16N2O2/c13-11-4-3-9(12(15)16)7-10(11)8-14-5-1-2-6-14/h3-4,7H,1-2,5-6,8,13H2,(H,15,16). The molecule has 16 heavy (non-hydrogen) atoms. The van der Waals surface area contributed by atoms with E-state index in [0.717, 1.165) is 25.2 Å². The Kier molecular flexibility index (Phi) is 3.10. The number of hydrogen-bond donors (Lipinski definition) is 2. The van der Waals surface area contributed by atoms with Crippen molar-refractivity contribution in [3.8, 4) is 0 Å². The number of hydrogen-bond acceptors (Lipinski definition) is 3. The van der Waals surface area contributed by atoms with E-state index >= 15 is 0 Å².